The highest BCUT2D eigenvalue weighted by Crippen LogP contribution is 2.28. The summed E-state index contributed by atoms with van der Waals surface area (Å²) >= 11 is 1.46. The molecule has 0 spiro atoms. The number of thiazole rings is 1. The zero-order valence-electron chi connectivity index (χ0n) is 17.9. The number of nitrogens with zero attached hydrogens (tertiary/aromatic N) is 2. The molecule has 1 aromatic carbocycles. The van der Waals surface area contributed by atoms with E-state index in [0.717, 1.165) is 46.9 Å². The van der Waals surface area contributed by atoms with Crippen LogP contribution in [0.15, 0.2) is 34.8 Å². The fraction of sp³-hybridized carbons (Fsp3) is 0.455. The molecule has 0 aliphatic rings. The summed E-state index contributed by atoms with van der Waals surface area (Å²) in [7, 11) is 1.52. The highest BCUT2D eigenvalue weighted by Gasteiger charge is 2.08. The maximum atomic E-state index is 6.00. The molecule has 2 aromatic rings. The van der Waals surface area contributed by atoms with Gasteiger partial charge in [-0.1, -0.05) is 28.6 Å². The number of hydrogen-bond acceptors (Lipinski definition) is 7. The second kappa shape index (κ2) is 12.1. The van der Waals surface area contributed by atoms with Crippen molar-refractivity contribution in [3.05, 3.63) is 46.5 Å². The predicted octanol–water partition coefficient (Wildman–Crippen LogP) is 5.32. The molecule has 6 nitrogen and oxygen atoms in total. The highest BCUT2D eigenvalue weighted by molar-refractivity contribution is 7.11. The third-order valence-electron chi connectivity index (χ3n) is 4.11. The summed E-state index contributed by atoms with van der Waals surface area (Å²) < 4.78 is 17.4. The first kappa shape index (κ1) is 22.7. The van der Waals surface area contributed by atoms with Gasteiger partial charge < -0.3 is 19.0 Å². The summed E-state index contributed by atoms with van der Waals surface area (Å²) in [4.78, 5) is 9.15. The van der Waals surface area contributed by atoms with E-state index in [1.54, 1.807) is 0 Å². The maximum Gasteiger partial charge on any atom is 0.273 e. The van der Waals surface area contributed by atoms with Gasteiger partial charge in [0.2, 0.25) is 0 Å². The van der Waals surface area contributed by atoms with Crippen LogP contribution in [-0.4, -0.2) is 37.6 Å². The van der Waals surface area contributed by atoms with Gasteiger partial charge in [-0.25, -0.2) is 4.98 Å². The van der Waals surface area contributed by atoms with Crippen LogP contribution in [0.4, 0.5) is 0 Å². The SMILES string of the molecule is C/C=C/COc1cc(C)c(OCCCCOc2nc(/C(C)=N/OC)cs2)c(C)c1. The third-order valence-corrected chi connectivity index (χ3v) is 4.86. The Morgan fingerprint density at radius 2 is 1.79 bits per heavy atom. The lowest BCUT2D eigenvalue weighted by atomic mass is 10.1. The first-order valence-corrected chi connectivity index (χ1v) is 10.6. The summed E-state index contributed by atoms with van der Waals surface area (Å²) in [5, 5.41) is 6.43. The number of aryl methyl sites for hydroxylation is 2. The molecule has 7 heteroatoms. The van der Waals surface area contributed by atoms with Gasteiger partial charge in [0.15, 0.2) is 0 Å². The fourth-order valence-electron chi connectivity index (χ4n) is 2.67. The molecule has 1 heterocycles. The summed E-state index contributed by atoms with van der Waals surface area (Å²) in [6.07, 6.45) is 5.76. The Morgan fingerprint density at radius 1 is 1.10 bits per heavy atom. The molecule has 158 valence electrons. The van der Waals surface area contributed by atoms with Crippen LogP contribution in [0.5, 0.6) is 16.7 Å². The predicted molar refractivity (Wildman–Crippen MR) is 118 cm³/mol. The number of aromatic nitrogens is 1. The van der Waals surface area contributed by atoms with Crippen LogP contribution in [-0.2, 0) is 4.84 Å². The van der Waals surface area contributed by atoms with Gasteiger partial charge in [-0.3, -0.25) is 0 Å². The molecule has 0 aliphatic carbocycles. The summed E-state index contributed by atoms with van der Waals surface area (Å²) in [5.41, 5.74) is 3.68. The van der Waals surface area contributed by atoms with E-state index < -0.39 is 0 Å². The largest absolute Gasteiger partial charge is 0.493 e. The molecule has 0 fully saturated rings. The Labute approximate surface area is 177 Å². The van der Waals surface area contributed by atoms with Crippen molar-refractivity contribution < 1.29 is 19.0 Å². The van der Waals surface area contributed by atoms with E-state index in [2.05, 4.69) is 10.1 Å². The summed E-state index contributed by atoms with van der Waals surface area (Å²) in [5.74, 6) is 1.80. The fourth-order valence-corrected chi connectivity index (χ4v) is 3.41. The number of rotatable bonds is 12. The second-order valence-electron chi connectivity index (χ2n) is 6.53. The molecule has 0 unspecified atom stereocenters. The molecular formula is C22H30N2O4S. The zero-order valence-corrected chi connectivity index (χ0v) is 18.7. The van der Waals surface area contributed by atoms with Gasteiger partial charge in [0.05, 0.1) is 13.2 Å². The first-order valence-electron chi connectivity index (χ1n) is 9.69. The topological polar surface area (TPSA) is 62.2 Å². The zero-order chi connectivity index (χ0) is 21.1. The Kier molecular flexibility index (Phi) is 9.50. The molecular weight excluding hydrogens is 388 g/mol. The van der Waals surface area contributed by atoms with Crippen LogP contribution in [0, 0.1) is 13.8 Å². The molecule has 0 N–H and O–H groups in total. The maximum absolute atomic E-state index is 6.00. The van der Waals surface area contributed by atoms with Crippen molar-refractivity contribution in [2.24, 2.45) is 5.16 Å². The molecule has 0 amide bonds. The van der Waals surface area contributed by atoms with E-state index in [0.29, 0.717) is 25.0 Å². The molecule has 0 bridgehead atoms. The molecule has 0 aliphatic heterocycles. The number of benzene rings is 1. The first-order chi connectivity index (χ1) is 14.0. The second-order valence-corrected chi connectivity index (χ2v) is 7.35. The van der Waals surface area contributed by atoms with E-state index in [4.69, 9.17) is 19.0 Å². The lowest BCUT2D eigenvalue weighted by Gasteiger charge is -2.14. The van der Waals surface area contributed by atoms with Gasteiger partial charge in [-0.2, -0.15) is 0 Å². The van der Waals surface area contributed by atoms with Crippen molar-refractivity contribution in [2.75, 3.05) is 26.9 Å². The van der Waals surface area contributed by atoms with Gasteiger partial charge >= 0.3 is 0 Å². The normalized spacial score (nSPS) is 11.7. The van der Waals surface area contributed by atoms with Crippen LogP contribution in [0.1, 0.15) is 43.5 Å². The van der Waals surface area contributed by atoms with Crippen LogP contribution in [0.25, 0.3) is 0 Å². The standard InChI is InChI=1S/C22H30N2O4S/c1-6-7-10-26-19-13-16(2)21(17(3)14-19)27-11-8-9-12-28-22-23-20(15-29-22)18(4)24-25-5/h6-7,13-15H,8-12H2,1-5H3/b7-6+,24-18+. The highest BCUT2D eigenvalue weighted by atomic mass is 32.1. The van der Waals surface area contributed by atoms with Gasteiger partial charge in [-0.15, -0.1) is 0 Å². The van der Waals surface area contributed by atoms with Crippen molar-refractivity contribution in [1.29, 1.82) is 0 Å². The summed E-state index contributed by atoms with van der Waals surface area (Å²) in [6.45, 7) is 9.75. The van der Waals surface area contributed by atoms with E-state index in [1.165, 1.54) is 18.4 Å². The summed E-state index contributed by atoms with van der Waals surface area (Å²) in [6, 6.07) is 4.04. The van der Waals surface area contributed by atoms with Crippen LogP contribution < -0.4 is 14.2 Å². The van der Waals surface area contributed by atoms with Crippen molar-refractivity contribution in [2.45, 2.75) is 40.5 Å². The van der Waals surface area contributed by atoms with E-state index >= 15 is 0 Å². The number of ether oxygens (including phenoxy) is 3. The number of unbranched alkanes of at least 4 members (excludes halogenated alkanes) is 1. The lowest BCUT2D eigenvalue weighted by Crippen LogP contribution is -2.05. The van der Waals surface area contributed by atoms with Crippen LogP contribution >= 0.6 is 11.3 Å². The van der Waals surface area contributed by atoms with E-state index in [9.17, 15) is 0 Å². The van der Waals surface area contributed by atoms with Gasteiger partial charge in [0, 0.05) is 5.38 Å². The van der Waals surface area contributed by atoms with Crippen LogP contribution in [0.3, 0.4) is 0 Å². The van der Waals surface area contributed by atoms with Crippen molar-refractivity contribution in [1.82, 2.24) is 4.98 Å². The minimum Gasteiger partial charge on any atom is -0.493 e. The Balaban J connectivity index is 1.72. The van der Waals surface area contributed by atoms with Gasteiger partial charge in [0.25, 0.3) is 5.19 Å². The molecule has 0 saturated heterocycles. The number of allylic oxidation sites excluding steroid dienone is 1. The monoisotopic (exact) mass is 418 g/mol. The van der Waals surface area contributed by atoms with Crippen molar-refractivity contribution in [3.63, 3.8) is 0 Å². The van der Waals surface area contributed by atoms with Crippen LogP contribution in [0.2, 0.25) is 0 Å². The molecule has 29 heavy (non-hydrogen) atoms. The quantitative estimate of drug-likeness (QED) is 0.202. The molecule has 2 rings (SSSR count). The van der Waals surface area contributed by atoms with E-state index in [1.807, 2.05) is 57.4 Å². The van der Waals surface area contributed by atoms with E-state index in [-0.39, 0.29) is 0 Å². The molecule has 0 atom stereocenters. The van der Waals surface area contributed by atoms with Crippen molar-refractivity contribution >= 4 is 17.0 Å². The molecule has 0 saturated carbocycles. The van der Waals surface area contributed by atoms with Crippen molar-refractivity contribution in [3.8, 4) is 16.7 Å². The lowest BCUT2D eigenvalue weighted by molar-refractivity contribution is 0.213. The Bertz CT molecular complexity index is 807. The Morgan fingerprint density at radius 3 is 2.45 bits per heavy atom. The van der Waals surface area contributed by atoms with Gasteiger partial charge in [0.1, 0.15) is 36.6 Å². The third kappa shape index (κ3) is 7.42. The number of hydrogen-bond donors (Lipinski definition) is 0. The molecule has 0 radical (unpaired) electrons. The smallest absolute Gasteiger partial charge is 0.273 e. The average molecular weight is 419 g/mol. The Hall–Kier alpha value is -2.54. The minimum absolute atomic E-state index is 0.578. The van der Waals surface area contributed by atoms with Gasteiger partial charge in [-0.05, 0) is 63.8 Å². The minimum atomic E-state index is 0.578. The number of oxime groups is 1. The molecule has 1 aromatic heterocycles. The average Bonchev–Trinajstić information content (AvgIpc) is 3.16.